The number of benzene rings is 3. The molecule has 5 nitrogen and oxygen atoms in total. The van der Waals surface area contributed by atoms with Crippen molar-refractivity contribution in [2.75, 3.05) is 38.3 Å². The van der Waals surface area contributed by atoms with Gasteiger partial charge in [-0.15, -0.1) is 0 Å². The molecule has 0 aliphatic heterocycles. The number of unbranched alkanes of at least 4 members (excludes halogenated alkanes) is 5. The molecule has 0 aliphatic rings. The van der Waals surface area contributed by atoms with Gasteiger partial charge in [0.05, 0.1) is 27.7 Å². The first-order chi connectivity index (χ1) is 19.1. The van der Waals surface area contributed by atoms with Gasteiger partial charge in [-0.05, 0) is 105 Å². The highest BCUT2D eigenvalue weighted by Crippen LogP contribution is 2.26. The van der Waals surface area contributed by atoms with Crippen LogP contribution in [-0.2, 0) is 12.8 Å². The molecule has 0 radical (unpaired) electrons. The number of carbonyl (C=O) groups is 2. The molecule has 2 amide bonds. The lowest BCUT2D eigenvalue weighted by molar-refractivity contribution is -0.870. The molecule has 0 unspecified atom stereocenters. The van der Waals surface area contributed by atoms with Gasteiger partial charge in [0.2, 0.25) is 0 Å². The summed E-state index contributed by atoms with van der Waals surface area (Å²) in [5, 5.41) is 6.05. The topological polar surface area (TPSA) is 58.2 Å². The Labute approximate surface area is 241 Å². The third kappa shape index (κ3) is 9.95. The number of hydrogen-bond donors (Lipinski definition) is 2. The van der Waals surface area contributed by atoms with E-state index < -0.39 is 0 Å². The van der Waals surface area contributed by atoms with Gasteiger partial charge >= 0.3 is 0 Å². The summed E-state index contributed by atoms with van der Waals surface area (Å²) in [5.41, 5.74) is 7.02. The first kappa shape index (κ1) is 31.1. The molecule has 5 heteroatoms. The average Bonchev–Trinajstić information content (AvgIpc) is 2.92. The van der Waals surface area contributed by atoms with Gasteiger partial charge in [-0.3, -0.25) is 9.59 Å². The number of carbonyl (C=O) groups excluding carboxylic acids is 2. The Morgan fingerprint density at radius 1 is 0.625 bits per heavy atom. The number of anilines is 2. The van der Waals surface area contributed by atoms with Crippen molar-refractivity contribution in [2.45, 2.75) is 72.1 Å². The van der Waals surface area contributed by atoms with Crippen LogP contribution in [0.5, 0.6) is 0 Å². The maximum atomic E-state index is 13.0. The molecule has 0 aromatic heterocycles. The largest absolute Gasteiger partial charge is 0.331 e. The van der Waals surface area contributed by atoms with Crippen molar-refractivity contribution in [3.05, 3.63) is 94.0 Å². The Kier molecular flexibility index (Phi) is 11.5. The molecule has 0 spiro atoms. The van der Waals surface area contributed by atoms with E-state index in [1.54, 1.807) is 0 Å². The van der Waals surface area contributed by atoms with Crippen molar-refractivity contribution in [1.82, 2.24) is 0 Å². The Morgan fingerprint density at radius 3 is 1.50 bits per heavy atom. The van der Waals surface area contributed by atoms with Crippen molar-refractivity contribution in [3.63, 3.8) is 0 Å². The second-order valence-electron chi connectivity index (χ2n) is 12.0. The summed E-state index contributed by atoms with van der Waals surface area (Å²) in [6.07, 6.45) is 9.68. The van der Waals surface area contributed by atoms with Gasteiger partial charge in [0, 0.05) is 22.5 Å². The van der Waals surface area contributed by atoms with Gasteiger partial charge in [-0.25, -0.2) is 0 Å². The fraction of sp³-hybridized carbons (Fsp3) is 0.429. The summed E-state index contributed by atoms with van der Waals surface area (Å²) in [5.74, 6) is -0.270. The minimum Gasteiger partial charge on any atom is -0.331 e. The Morgan fingerprint density at radius 2 is 1.05 bits per heavy atom. The van der Waals surface area contributed by atoms with E-state index in [2.05, 4.69) is 50.8 Å². The molecule has 3 aromatic rings. The summed E-state index contributed by atoms with van der Waals surface area (Å²) in [7, 11) is 6.77. The summed E-state index contributed by atoms with van der Waals surface area (Å²) in [4.78, 5) is 25.7. The highest BCUT2D eigenvalue weighted by molar-refractivity contribution is 6.06. The van der Waals surface area contributed by atoms with Gasteiger partial charge < -0.3 is 15.1 Å². The van der Waals surface area contributed by atoms with E-state index in [9.17, 15) is 9.59 Å². The molecule has 0 saturated carbocycles. The first-order valence-corrected chi connectivity index (χ1v) is 14.8. The van der Waals surface area contributed by atoms with Crippen molar-refractivity contribution in [1.29, 1.82) is 0 Å². The molecule has 0 saturated heterocycles. The summed E-state index contributed by atoms with van der Waals surface area (Å²) in [6.45, 7) is 7.21. The molecule has 0 fully saturated rings. The molecular formula is C35H48N3O2+. The van der Waals surface area contributed by atoms with Crippen LogP contribution in [0.4, 0.5) is 11.4 Å². The standard InChI is InChI=1S/C35H47N3O2/c1-7-28-15-19-30(20-16-28)34(39)36-32-24-27(3)33(25-26(32)2)37-35(40)31-21-17-29(18-22-31)14-12-10-8-9-11-13-23-38(4,5)6/h15-22,24-25H,7-14,23H2,1-6H3,(H-,36,37,39,40)/p+1. The van der Waals surface area contributed by atoms with E-state index in [-0.39, 0.29) is 11.8 Å². The van der Waals surface area contributed by atoms with Crippen LogP contribution in [0.25, 0.3) is 0 Å². The number of rotatable bonds is 14. The lowest BCUT2D eigenvalue weighted by Gasteiger charge is -2.23. The van der Waals surface area contributed by atoms with Crippen LogP contribution in [0.1, 0.15) is 88.4 Å². The summed E-state index contributed by atoms with van der Waals surface area (Å²) >= 11 is 0. The predicted molar refractivity (Wildman–Crippen MR) is 168 cm³/mol. The third-order valence-electron chi connectivity index (χ3n) is 7.45. The minimum absolute atomic E-state index is 0.129. The third-order valence-corrected chi connectivity index (χ3v) is 7.45. The lowest BCUT2D eigenvalue weighted by Crippen LogP contribution is -2.35. The number of hydrogen-bond acceptors (Lipinski definition) is 2. The Hall–Kier alpha value is -3.44. The van der Waals surface area contributed by atoms with E-state index in [1.807, 2.05) is 62.4 Å². The second kappa shape index (κ2) is 14.8. The Balaban J connectivity index is 1.47. The monoisotopic (exact) mass is 542 g/mol. The van der Waals surface area contributed by atoms with Crippen LogP contribution in [0.15, 0.2) is 60.7 Å². The smallest absolute Gasteiger partial charge is 0.255 e. The van der Waals surface area contributed by atoms with E-state index in [1.165, 1.54) is 56.2 Å². The Bertz CT molecular complexity index is 1260. The molecule has 3 rings (SSSR count). The maximum absolute atomic E-state index is 13.0. The van der Waals surface area contributed by atoms with Crippen molar-refractivity contribution in [2.24, 2.45) is 0 Å². The number of aryl methyl sites for hydroxylation is 4. The molecule has 0 heterocycles. The molecule has 3 aromatic carbocycles. The molecule has 0 aliphatic carbocycles. The van der Waals surface area contributed by atoms with E-state index in [0.29, 0.717) is 11.1 Å². The van der Waals surface area contributed by atoms with E-state index in [4.69, 9.17) is 0 Å². The fourth-order valence-electron chi connectivity index (χ4n) is 4.81. The van der Waals surface area contributed by atoms with Crippen molar-refractivity contribution < 1.29 is 14.1 Å². The van der Waals surface area contributed by atoms with Crippen LogP contribution < -0.4 is 10.6 Å². The van der Waals surface area contributed by atoms with Gasteiger partial charge in [-0.1, -0.05) is 50.5 Å². The minimum atomic E-state index is -0.141. The van der Waals surface area contributed by atoms with Crippen LogP contribution in [0.2, 0.25) is 0 Å². The lowest BCUT2D eigenvalue weighted by atomic mass is 10.0. The highest BCUT2D eigenvalue weighted by Gasteiger charge is 2.13. The average molecular weight is 543 g/mol. The van der Waals surface area contributed by atoms with Crippen molar-refractivity contribution in [3.8, 4) is 0 Å². The fourth-order valence-corrected chi connectivity index (χ4v) is 4.81. The number of amides is 2. The van der Waals surface area contributed by atoms with E-state index >= 15 is 0 Å². The molecule has 0 bridgehead atoms. The van der Waals surface area contributed by atoms with Gasteiger partial charge in [-0.2, -0.15) is 0 Å². The second-order valence-corrected chi connectivity index (χ2v) is 12.0. The molecule has 2 N–H and O–H groups in total. The molecule has 214 valence electrons. The van der Waals surface area contributed by atoms with Crippen LogP contribution >= 0.6 is 0 Å². The number of nitrogens with one attached hydrogen (secondary N) is 2. The van der Waals surface area contributed by atoms with Crippen molar-refractivity contribution >= 4 is 23.2 Å². The van der Waals surface area contributed by atoms with E-state index in [0.717, 1.165) is 39.8 Å². The molecule has 0 atom stereocenters. The van der Waals surface area contributed by atoms with Gasteiger partial charge in [0.1, 0.15) is 0 Å². The van der Waals surface area contributed by atoms with Gasteiger partial charge in [0.15, 0.2) is 0 Å². The van der Waals surface area contributed by atoms with Crippen LogP contribution in [0.3, 0.4) is 0 Å². The number of nitrogens with zero attached hydrogens (tertiary/aromatic N) is 1. The quantitative estimate of drug-likeness (QED) is 0.160. The SMILES string of the molecule is CCc1ccc(C(=O)Nc2cc(C)c(NC(=O)c3ccc(CCCCCCCC[N+](C)(C)C)cc3)cc2C)cc1. The first-order valence-electron chi connectivity index (χ1n) is 14.8. The number of quaternary nitrogens is 1. The zero-order valence-corrected chi connectivity index (χ0v) is 25.4. The normalized spacial score (nSPS) is 11.3. The van der Waals surface area contributed by atoms with Gasteiger partial charge in [0.25, 0.3) is 11.8 Å². The molecular weight excluding hydrogens is 494 g/mol. The molecule has 40 heavy (non-hydrogen) atoms. The zero-order valence-electron chi connectivity index (χ0n) is 25.4. The summed E-state index contributed by atoms with van der Waals surface area (Å²) in [6, 6.07) is 19.5. The zero-order chi connectivity index (χ0) is 29.1. The highest BCUT2D eigenvalue weighted by atomic mass is 16.2. The predicted octanol–water partition coefficient (Wildman–Crippen LogP) is 7.96. The van der Waals surface area contributed by atoms with Crippen LogP contribution in [-0.4, -0.2) is 44.0 Å². The summed E-state index contributed by atoms with van der Waals surface area (Å²) < 4.78 is 1.05. The maximum Gasteiger partial charge on any atom is 0.255 e. The van der Waals surface area contributed by atoms with Crippen LogP contribution in [0, 0.1) is 13.8 Å².